The van der Waals surface area contributed by atoms with Crippen molar-refractivity contribution >= 4 is 11.8 Å². The number of aliphatic hydroxyl groups excluding tert-OH is 1. The topological polar surface area (TPSA) is 20.2 Å². The van der Waals surface area contributed by atoms with Crippen molar-refractivity contribution in [1.29, 1.82) is 0 Å². The summed E-state index contributed by atoms with van der Waals surface area (Å²) in [6, 6.07) is 30.3. The average Bonchev–Trinajstić information content (AvgIpc) is 2.61. The number of hydrogen-bond acceptors (Lipinski definition) is 2. The molecule has 0 aliphatic carbocycles. The second-order valence-electron chi connectivity index (χ2n) is 5.12. The molecule has 3 aromatic carbocycles. The van der Waals surface area contributed by atoms with E-state index in [1.54, 1.807) is 11.8 Å². The van der Waals surface area contributed by atoms with Crippen molar-refractivity contribution in [3.8, 4) is 0 Å². The predicted molar refractivity (Wildman–Crippen MR) is 92.9 cm³/mol. The van der Waals surface area contributed by atoms with Gasteiger partial charge < -0.3 is 5.11 Å². The molecule has 2 heteroatoms. The zero-order chi connectivity index (χ0) is 15.2. The van der Waals surface area contributed by atoms with E-state index >= 15 is 0 Å². The molecule has 0 aliphatic heterocycles. The third-order valence-electron chi connectivity index (χ3n) is 3.56. The Bertz CT molecular complexity index is 683. The monoisotopic (exact) mass is 306 g/mol. The summed E-state index contributed by atoms with van der Waals surface area (Å²) in [7, 11) is 0. The van der Waals surface area contributed by atoms with Gasteiger partial charge in [0.2, 0.25) is 0 Å². The molecule has 0 spiro atoms. The molecular formula is C20H18OS. The molecule has 0 bridgehead atoms. The highest BCUT2D eigenvalue weighted by Crippen LogP contribution is 2.43. The molecule has 2 unspecified atom stereocenters. The Labute approximate surface area is 135 Å². The van der Waals surface area contributed by atoms with Crippen molar-refractivity contribution < 1.29 is 5.11 Å². The standard InChI is InChI=1S/C20H18OS/c21-19(16-10-4-1-5-11-16)20(17-12-6-2-7-13-17)22-18-14-8-3-9-15-18/h1-15,19-21H. The fraction of sp³-hybridized carbons (Fsp3) is 0.100. The van der Waals surface area contributed by atoms with E-state index in [0.29, 0.717) is 0 Å². The minimum atomic E-state index is -0.547. The molecule has 3 aromatic rings. The van der Waals surface area contributed by atoms with Crippen molar-refractivity contribution in [2.75, 3.05) is 0 Å². The lowest BCUT2D eigenvalue weighted by molar-refractivity contribution is 0.175. The Kier molecular flexibility index (Phi) is 4.94. The molecule has 0 fully saturated rings. The van der Waals surface area contributed by atoms with Gasteiger partial charge in [-0.15, -0.1) is 11.8 Å². The van der Waals surface area contributed by atoms with E-state index in [4.69, 9.17) is 0 Å². The van der Waals surface area contributed by atoms with Crippen molar-refractivity contribution in [2.45, 2.75) is 16.2 Å². The van der Waals surface area contributed by atoms with Crippen LogP contribution in [0, 0.1) is 0 Å². The maximum Gasteiger partial charge on any atom is 0.0952 e. The molecule has 0 amide bonds. The Morgan fingerprint density at radius 3 is 1.59 bits per heavy atom. The maximum atomic E-state index is 10.9. The summed E-state index contributed by atoms with van der Waals surface area (Å²) in [6.07, 6.45) is -0.547. The first-order valence-electron chi connectivity index (χ1n) is 7.34. The van der Waals surface area contributed by atoms with E-state index in [-0.39, 0.29) is 5.25 Å². The zero-order valence-electron chi connectivity index (χ0n) is 12.2. The Morgan fingerprint density at radius 1 is 0.591 bits per heavy atom. The molecule has 0 aliphatic rings. The molecule has 0 saturated heterocycles. The minimum absolute atomic E-state index is 0.0361. The minimum Gasteiger partial charge on any atom is -0.387 e. The Balaban J connectivity index is 1.93. The van der Waals surface area contributed by atoms with Gasteiger partial charge in [-0.2, -0.15) is 0 Å². The van der Waals surface area contributed by atoms with Gasteiger partial charge in [0, 0.05) is 4.90 Å². The van der Waals surface area contributed by atoms with Crippen LogP contribution >= 0.6 is 11.8 Å². The van der Waals surface area contributed by atoms with Crippen LogP contribution in [0.25, 0.3) is 0 Å². The Hall–Kier alpha value is -2.03. The highest BCUT2D eigenvalue weighted by atomic mass is 32.2. The van der Waals surface area contributed by atoms with E-state index in [9.17, 15) is 5.11 Å². The van der Waals surface area contributed by atoms with Gasteiger partial charge >= 0.3 is 0 Å². The SMILES string of the molecule is OC(c1ccccc1)C(Sc1ccccc1)c1ccccc1. The van der Waals surface area contributed by atoms with Gasteiger partial charge in [-0.25, -0.2) is 0 Å². The molecule has 1 N–H and O–H groups in total. The maximum absolute atomic E-state index is 10.9. The first-order chi connectivity index (χ1) is 10.8. The molecule has 3 rings (SSSR count). The fourth-order valence-corrected chi connectivity index (χ4v) is 3.61. The number of aliphatic hydroxyl groups is 1. The van der Waals surface area contributed by atoms with Crippen LogP contribution < -0.4 is 0 Å². The van der Waals surface area contributed by atoms with Crippen LogP contribution in [0.15, 0.2) is 95.9 Å². The van der Waals surface area contributed by atoms with Crippen LogP contribution in [0.3, 0.4) is 0 Å². The van der Waals surface area contributed by atoms with E-state index in [0.717, 1.165) is 16.0 Å². The van der Waals surface area contributed by atoms with Gasteiger partial charge in [-0.05, 0) is 23.3 Å². The summed E-state index contributed by atoms with van der Waals surface area (Å²) in [4.78, 5) is 1.16. The van der Waals surface area contributed by atoms with Gasteiger partial charge in [-0.1, -0.05) is 78.9 Å². The van der Waals surface area contributed by atoms with E-state index in [2.05, 4.69) is 24.3 Å². The van der Waals surface area contributed by atoms with Crippen molar-refractivity contribution in [2.24, 2.45) is 0 Å². The van der Waals surface area contributed by atoms with Gasteiger partial charge in [0.15, 0.2) is 0 Å². The predicted octanol–water partition coefficient (Wildman–Crippen LogP) is 5.25. The van der Waals surface area contributed by atoms with Crippen LogP contribution in [0.5, 0.6) is 0 Å². The molecule has 0 aromatic heterocycles. The zero-order valence-corrected chi connectivity index (χ0v) is 13.0. The number of benzene rings is 3. The molecule has 1 nitrogen and oxygen atoms in total. The summed E-state index contributed by atoms with van der Waals surface area (Å²) in [5.41, 5.74) is 2.08. The average molecular weight is 306 g/mol. The van der Waals surface area contributed by atoms with Crippen LogP contribution in [0.2, 0.25) is 0 Å². The molecule has 110 valence electrons. The number of thioether (sulfide) groups is 1. The summed E-state index contributed by atoms with van der Waals surface area (Å²) in [5.74, 6) is 0. The van der Waals surface area contributed by atoms with Crippen LogP contribution in [0.4, 0.5) is 0 Å². The van der Waals surface area contributed by atoms with E-state index < -0.39 is 6.10 Å². The second-order valence-corrected chi connectivity index (χ2v) is 6.33. The van der Waals surface area contributed by atoms with Gasteiger partial charge in [0.05, 0.1) is 11.4 Å². The summed E-state index contributed by atoms with van der Waals surface area (Å²) >= 11 is 1.69. The molecule has 0 radical (unpaired) electrons. The molecule has 0 heterocycles. The van der Waals surface area contributed by atoms with Crippen LogP contribution in [-0.4, -0.2) is 5.11 Å². The van der Waals surface area contributed by atoms with E-state index in [1.807, 2.05) is 66.7 Å². The lowest BCUT2D eigenvalue weighted by Gasteiger charge is -2.23. The second kappa shape index (κ2) is 7.30. The Morgan fingerprint density at radius 2 is 1.05 bits per heavy atom. The first kappa shape index (κ1) is 14.9. The first-order valence-corrected chi connectivity index (χ1v) is 8.22. The van der Waals surface area contributed by atoms with Crippen molar-refractivity contribution in [3.63, 3.8) is 0 Å². The molecule has 2 atom stereocenters. The molecule has 0 saturated carbocycles. The summed E-state index contributed by atoms with van der Waals surface area (Å²) in [6.45, 7) is 0. The smallest absolute Gasteiger partial charge is 0.0952 e. The highest BCUT2D eigenvalue weighted by Gasteiger charge is 2.23. The molecule has 22 heavy (non-hydrogen) atoms. The van der Waals surface area contributed by atoms with E-state index in [1.165, 1.54) is 0 Å². The largest absolute Gasteiger partial charge is 0.387 e. The van der Waals surface area contributed by atoms with Gasteiger partial charge in [0.1, 0.15) is 0 Å². The third kappa shape index (κ3) is 3.59. The quantitative estimate of drug-likeness (QED) is 0.649. The summed E-state index contributed by atoms with van der Waals surface area (Å²) < 4.78 is 0. The lowest BCUT2D eigenvalue weighted by Crippen LogP contribution is -2.08. The summed E-state index contributed by atoms with van der Waals surface area (Å²) in [5, 5.41) is 10.8. The van der Waals surface area contributed by atoms with Crippen molar-refractivity contribution in [3.05, 3.63) is 102 Å². The van der Waals surface area contributed by atoms with Crippen LogP contribution in [0.1, 0.15) is 22.5 Å². The van der Waals surface area contributed by atoms with Crippen molar-refractivity contribution in [1.82, 2.24) is 0 Å². The number of rotatable bonds is 5. The van der Waals surface area contributed by atoms with Gasteiger partial charge in [0.25, 0.3) is 0 Å². The molecular weight excluding hydrogens is 288 g/mol. The lowest BCUT2D eigenvalue weighted by atomic mass is 10.0. The third-order valence-corrected chi connectivity index (χ3v) is 4.89. The van der Waals surface area contributed by atoms with Crippen LogP contribution in [-0.2, 0) is 0 Å². The fourth-order valence-electron chi connectivity index (χ4n) is 2.43. The number of hydrogen-bond donors (Lipinski definition) is 1. The normalized spacial score (nSPS) is 13.5. The highest BCUT2D eigenvalue weighted by molar-refractivity contribution is 7.99. The van der Waals surface area contributed by atoms with Gasteiger partial charge in [-0.3, -0.25) is 0 Å².